The zero-order valence-electron chi connectivity index (χ0n) is 10.4. The molecule has 1 aliphatic carbocycles. The fraction of sp³-hybridized carbons (Fsp3) is 0.583. The minimum atomic E-state index is -0.264. The molecule has 1 heterocycles. The molecule has 0 atom stereocenters. The van der Waals surface area contributed by atoms with Crippen LogP contribution in [0.2, 0.25) is 0 Å². The van der Waals surface area contributed by atoms with Crippen molar-refractivity contribution in [3.63, 3.8) is 0 Å². The average Bonchev–Trinajstić information content (AvgIpc) is 3.11. The SMILES string of the molecule is COC(=O)CCCNC(=O)c1cc(C2CC2)[nH]n1. The Hall–Kier alpha value is -1.85. The molecule has 6 heteroatoms. The lowest BCUT2D eigenvalue weighted by molar-refractivity contribution is -0.140. The number of esters is 1. The summed E-state index contributed by atoms with van der Waals surface area (Å²) < 4.78 is 4.51. The Labute approximate surface area is 105 Å². The first-order chi connectivity index (χ1) is 8.70. The number of methoxy groups -OCH3 is 1. The van der Waals surface area contributed by atoms with Gasteiger partial charge in [-0.15, -0.1) is 0 Å². The monoisotopic (exact) mass is 251 g/mol. The fourth-order valence-electron chi connectivity index (χ4n) is 1.68. The maximum absolute atomic E-state index is 11.7. The van der Waals surface area contributed by atoms with Crippen molar-refractivity contribution in [3.8, 4) is 0 Å². The molecular formula is C12H17N3O3. The van der Waals surface area contributed by atoms with Gasteiger partial charge in [0, 0.05) is 24.6 Å². The third kappa shape index (κ3) is 3.32. The summed E-state index contributed by atoms with van der Waals surface area (Å²) >= 11 is 0. The van der Waals surface area contributed by atoms with Crippen LogP contribution in [0.15, 0.2) is 6.07 Å². The predicted octanol–water partition coefficient (Wildman–Crippen LogP) is 0.970. The lowest BCUT2D eigenvalue weighted by atomic mass is 10.2. The standard InChI is InChI=1S/C12H17N3O3/c1-18-11(16)3-2-6-13-12(17)10-7-9(14-15-10)8-4-5-8/h7-8H,2-6H2,1H3,(H,13,17)(H,14,15). The first kappa shape index (κ1) is 12.6. The van der Waals surface area contributed by atoms with Crippen LogP contribution in [-0.2, 0) is 9.53 Å². The highest BCUT2D eigenvalue weighted by Gasteiger charge is 2.26. The van der Waals surface area contributed by atoms with Crippen molar-refractivity contribution in [1.29, 1.82) is 0 Å². The Morgan fingerprint density at radius 1 is 1.56 bits per heavy atom. The maximum Gasteiger partial charge on any atom is 0.305 e. The molecule has 1 aliphatic rings. The van der Waals surface area contributed by atoms with Gasteiger partial charge in [0.15, 0.2) is 0 Å². The van der Waals surface area contributed by atoms with E-state index >= 15 is 0 Å². The quantitative estimate of drug-likeness (QED) is 0.583. The minimum absolute atomic E-state index is 0.206. The smallest absolute Gasteiger partial charge is 0.305 e. The molecule has 0 aromatic carbocycles. The van der Waals surface area contributed by atoms with Gasteiger partial charge in [-0.2, -0.15) is 5.10 Å². The largest absolute Gasteiger partial charge is 0.469 e. The van der Waals surface area contributed by atoms with Gasteiger partial charge >= 0.3 is 5.97 Å². The van der Waals surface area contributed by atoms with Crippen LogP contribution in [-0.4, -0.2) is 35.7 Å². The lowest BCUT2D eigenvalue weighted by Crippen LogP contribution is -2.25. The van der Waals surface area contributed by atoms with E-state index in [1.807, 2.05) is 0 Å². The number of nitrogens with zero attached hydrogens (tertiary/aromatic N) is 1. The van der Waals surface area contributed by atoms with E-state index < -0.39 is 0 Å². The predicted molar refractivity (Wildman–Crippen MR) is 64.1 cm³/mol. The van der Waals surface area contributed by atoms with Crippen molar-refractivity contribution in [3.05, 3.63) is 17.5 Å². The van der Waals surface area contributed by atoms with Crippen molar-refractivity contribution in [2.24, 2.45) is 0 Å². The number of rotatable bonds is 6. The summed E-state index contributed by atoms with van der Waals surface area (Å²) in [5.41, 5.74) is 1.45. The second-order valence-corrected chi connectivity index (χ2v) is 4.42. The van der Waals surface area contributed by atoms with Crippen LogP contribution in [0.5, 0.6) is 0 Å². The van der Waals surface area contributed by atoms with Gasteiger partial charge < -0.3 is 10.1 Å². The van der Waals surface area contributed by atoms with Crippen molar-refractivity contribution in [2.45, 2.75) is 31.6 Å². The zero-order valence-corrected chi connectivity index (χ0v) is 10.4. The Morgan fingerprint density at radius 3 is 3.00 bits per heavy atom. The summed E-state index contributed by atoms with van der Waals surface area (Å²) in [5, 5.41) is 9.58. The van der Waals surface area contributed by atoms with Gasteiger partial charge in [-0.25, -0.2) is 0 Å². The van der Waals surface area contributed by atoms with Gasteiger partial charge in [0.2, 0.25) is 0 Å². The minimum Gasteiger partial charge on any atom is -0.469 e. The van der Waals surface area contributed by atoms with E-state index in [4.69, 9.17) is 0 Å². The van der Waals surface area contributed by atoms with Gasteiger partial charge in [-0.3, -0.25) is 14.7 Å². The van der Waals surface area contributed by atoms with E-state index in [2.05, 4.69) is 20.3 Å². The number of nitrogens with one attached hydrogen (secondary N) is 2. The van der Waals surface area contributed by atoms with E-state index in [1.165, 1.54) is 20.0 Å². The lowest BCUT2D eigenvalue weighted by Gasteiger charge is -2.02. The molecule has 98 valence electrons. The first-order valence-corrected chi connectivity index (χ1v) is 6.11. The molecule has 0 unspecified atom stereocenters. The molecular weight excluding hydrogens is 234 g/mol. The molecule has 1 aromatic rings. The van der Waals surface area contributed by atoms with E-state index in [-0.39, 0.29) is 11.9 Å². The number of hydrogen-bond donors (Lipinski definition) is 2. The molecule has 0 aliphatic heterocycles. The third-order valence-corrected chi connectivity index (χ3v) is 2.92. The molecule has 2 rings (SSSR count). The fourth-order valence-corrected chi connectivity index (χ4v) is 1.68. The van der Waals surface area contributed by atoms with E-state index in [9.17, 15) is 9.59 Å². The molecule has 18 heavy (non-hydrogen) atoms. The summed E-state index contributed by atoms with van der Waals surface area (Å²) in [6.07, 6.45) is 3.22. The van der Waals surface area contributed by atoms with Crippen LogP contribution >= 0.6 is 0 Å². The summed E-state index contributed by atoms with van der Waals surface area (Å²) in [7, 11) is 1.35. The Kier molecular flexibility index (Phi) is 3.96. The van der Waals surface area contributed by atoms with Crippen molar-refractivity contribution in [2.75, 3.05) is 13.7 Å². The number of aromatic amines is 1. The van der Waals surface area contributed by atoms with E-state index in [0.29, 0.717) is 31.0 Å². The molecule has 6 nitrogen and oxygen atoms in total. The van der Waals surface area contributed by atoms with Crippen LogP contribution < -0.4 is 5.32 Å². The van der Waals surface area contributed by atoms with Gasteiger partial charge in [0.05, 0.1) is 7.11 Å². The molecule has 1 aromatic heterocycles. The Bertz CT molecular complexity index is 438. The molecule has 0 spiro atoms. The molecule has 1 saturated carbocycles. The first-order valence-electron chi connectivity index (χ1n) is 6.11. The van der Waals surface area contributed by atoms with E-state index in [1.54, 1.807) is 6.07 Å². The third-order valence-electron chi connectivity index (χ3n) is 2.92. The van der Waals surface area contributed by atoms with Crippen LogP contribution in [0.1, 0.15) is 47.8 Å². The maximum atomic E-state index is 11.7. The molecule has 1 fully saturated rings. The molecule has 2 N–H and O–H groups in total. The van der Waals surface area contributed by atoms with Gasteiger partial charge in [0.1, 0.15) is 5.69 Å². The van der Waals surface area contributed by atoms with Gasteiger partial charge in [-0.1, -0.05) is 0 Å². The summed E-state index contributed by atoms with van der Waals surface area (Å²) in [5.74, 6) is 0.0847. The van der Waals surface area contributed by atoms with Crippen LogP contribution in [0.25, 0.3) is 0 Å². The average molecular weight is 251 g/mol. The van der Waals surface area contributed by atoms with Crippen molar-refractivity contribution in [1.82, 2.24) is 15.5 Å². The molecule has 0 bridgehead atoms. The van der Waals surface area contributed by atoms with E-state index in [0.717, 1.165) is 5.69 Å². The molecule has 0 radical (unpaired) electrons. The topological polar surface area (TPSA) is 84.1 Å². The number of carbonyl (C=O) groups excluding carboxylic acids is 2. The number of ether oxygens (including phenoxy) is 1. The number of hydrogen-bond acceptors (Lipinski definition) is 4. The highest BCUT2D eigenvalue weighted by molar-refractivity contribution is 5.92. The number of amides is 1. The highest BCUT2D eigenvalue weighted by atomic mass is 16.5. The highest BCUT2D eigenvalue weighted by Crippen LogP contribution is 2.38. The van der Waals surface area contributed by atoms with Gasteiger partial charge in [-0.05, 0) is 25.3 Å². The summed E-state index contributed by atoms with van der Waals surface area (Å²) in [6.45, 7) is 0.444. The summed E-state index contributed by atoms with van der Waals surface area (Å²) in [6, 6.07) is 1.80. The van der Waals surface area contributed by atoms with Crippen molar-refractivity contribution < 1.29 is 14.3 Å². The molecule has 1 amide bonds. The Balaban J connectivity index is 1.71. The number of H-pyrrole nitrogens is 1. The molecule has 0 saturated heterocycles. The normalized spacial score (nSPS) is 14.3. The Morgan fingerprint density at radius 2 is 2.33 bits per heavy atom. The van der Waals surface area contributed by atoms with Gasteiger partial charge in [0.25, 0.3) is 5.91 Å². The van der Waals surface area contributed by atoms with Crippen LogP contribution in [0.3, 0.4) is 0 Å². The second-order valence-electron chi connectivity index (χ2n) is 4.42. The van der Waals surface area contributed by atoms with Crippen LogP contribution in [0, 0.1) is 0 Å². The van der Waals surface area contributed by atoms with Crippen LogP contribution in [0.4, 0.5) is 0 Å². The number of carbonyl (C=O) groups is 2. The zero-order chi connectivity index (χ0) is 13.0. The second kappa shape index (κ2) is 5.66. The van der Waals surface area contributed by atoms with Crippen molar-refractivity contribution >= 4 is 11.9 Å². The summed E-state index contributed by atoms with van der Waals surface area (Å²) in [4.78, 5) is 22.6. The number of aromatic nitrogens is 2.